The molecule has 1 unspecified atom stereocenters. The molecule has 1 fully saturated rings. The predicted octanol–water partition coefficient (Wildman–Crippen LogP) is 5.26. The van der Waals surface area contributed by atoms with Crippen molar-refractivity contribution in [2.24, 2.45) is 17.8 Å². The number of carbonyl (C=O) groups excluding carboxylic acids is 4. The van der Waals surface area contributed by atoms with Gasteiger partial charge in [0.25, 0.3) is 5.91 Å². The van der Waals surface area contributed by atoms with Crippen LogP contribution in [0, 0.1) is 17.8 Å². The van der Waals surface area contributed by atoms with Crippen molar-refractivity contribution in [1.82, 2.24) is 20.1 Å². The second kappa shape index (κ2) is 16.9. The molecule has 10 heteroatoms. The molecule has 2 rings (SSSR count). The number of Topliss-reactive ketones (excluding diaryl/α,β-unsaturated/α-hetero) is 1. The number of likely N-dealkylation sites (tertiary alicyclic amines) is 1. The average molecular weight is 593 g/mol. The SMILES string of the molecule is CCCC(=O)OCN(C(=O)[C@@H](CC(=O)[C@H]1CCCCN1C)C(C)CC)[C@H](C[C@@H](C)c1nc(C(=O)NC)cs1)C(C)C. The first-order valence-electron chi connectivity index (χ1n) is 15.3. The van der Waals surface area contributed by atoms with Gasteiger partial charge in [0.05, 0.1) is 11.0 Å². The lowest BCUT2D eigenvalue weighted by Crippen LogP contribution is -2.50. The third kappa shape index (κ3) is 9.87. The van der Waals surface area contributed by atoms with Gasteiger partial charge in [0.1, 0.15) is 5.69 Å². The number of piperidine rings is 1. The summed E-state index contributed by atoms with van der Waals surface area (Å²) in [5.41, 5.74) is 0.380. The maximum absolute atomic E-state index is 14.4. The summed E-state index contributed by atoms with van der Waals surface area (Å²) in [4.78, 5) is 60.8. The molecule has 1 aliphatic heterocycles. The van der Waals surface area contributed by atoms with Crippen molar-refractivity contribution in [3.8, 4) is 0 Å². The molecular weight excluding hydrogens is 540 g/mol. The number of esters is 1. The number of ketones is 1. The van der Waals surface area contributed by atoms with E-state index in [1.807, 2.05) is 34.7 Å². The quantitative estimate of drug-likeness (QED) is 0.206. The topological polar surface area (TPSA) is 109 Å². The fraction of sp³-hybridized carbons (Fsp3) is 0.774. The molecule has 232 valence electrons. The van der Waals surface area contributed by atoms with Crippen molar-refractivity contribution in [3.05, 3.63) is 16.1 Å². The number of likely N-dealkylation sites (N-methyl/N-ethyl adjacent to an activating group) is 1. The predicted molar refractivity (Wildman–Crippen MR) is 163 cm³/mol. The maximum atomic E-state index is 14.4. The van der Waals surface area contributed by atoms with E-state index in [4.69, 9.17) is 4.74 Å². The Hall–Kier alpha value is -2.33. The van der Waals surface area contributed by atoms with Crippen LogP contribution in [0.15, 0.2) is 5.38 Å². The summed E-state index contributed by atoms with van der Waals surface area (Å²) in [7, 11) is 3.57. The number of carbonyl (C=O) groups is 4. The van der Waals surface area contributed by atoms with Crippen molar-refractivity contribution in [3.63, 3.8) is 0 Å². The number of aromatic nitrogens is 1. The summed E-state index contributed by atoms with van der Waals surface area (Å²) in [6.07, 6.45) is 5.41. The third-order valence-corrected chi connectivity index (χ3v) is 9.56. The van der Waals surface area contributed by atoms with Gasteiger partial charge in [-0.3, -0.25) is 24.1 Å². The molecule has 1 aromatic heterocycles. The minimum absolute atomic E-state index is 0.00602. The van der Waals surface area contributed by atoms with Crippen LogP contribution in [-0.4, -0.2) is 77.8 Å². The number of hydrogen-bond acceptors (Lipinski definition) is 8. The van der Waals surface area contributed by atoms with Gasteiger partial charge in [0.2, 0.25) is 5.91 Å². The van der Waals surface area contributed by atoms with Gasteiger partial charge in [0.15, 0.2) is 12.5 Å². The Kier molecular flexibility index (Phi) is 14.4. The van der Waals surface area contributed by atoms with Gasteiger partial charge in [-0.1, -0.05) is 54.4 Å². The number of amides is 2. The Morgan fingerprint density at radius 1 is 1.17 bits per heavy atom. The molecule has 0 saturated carbocycles. The Bertz CT molecular complexity index is 1010. The first kappa shape index (κ1) is 34.9. The lowest BCUT2D eigenvalue weighted by atomic mass is 9.82. The van der Waals surface area contributed by atoms with Gasteiger partial charge < -0.3 is 15.0 Å². The number of rotatable bonds is 16. The summed E-state index contributed by atoms with van der Waals surface area (Å²) < 4.78 is 5.64. The molecule has 0 aliphatic carbocycles. The van der Waals surface area contributed by atoms with E-state index in [2.05, 4.69) is 29.0 Å². The molecule has 5 atom stereocenters. The fourth-order valence-corrected chi connectivity index (χ4v) is 6.45. The molecule has 0 bridgehead atoms. The van der Waals surface area contributed by atoms with Crippen molar-refractivity contribution in [1.29, 1.82) is 0 Å². The molecule has 1 aliphatic rings. The number of nitrogens with one attached hydrogen (secondary N) is 1. The molecular formula is C31H52N4O5S. The normalized spacial score (nSPS) is 18.8. The van der Waals surface area contributed by atoms with Gasteiger partial charge in [0, 0.05) is 43.1 Å². The highest BCUT2D eigenvalue weighted by Crippen LogP contribution is 2.32. The zero-order valence-electron chi connectivity index (χ0n) is 26.4. The minimum atomic E-state index is -0.496. The van der Waals surface area contributed by atoms with Crippen LogP contribution in [0.4, 0.5) is 0 Å². The Morgan fingerprint density at radius 3 is 2.46 bits per heavy atom. The van der Waals surface area contributed by atoms with Crippen LogP contribution in [0.5, 0.6) is 0 Å². The first-order chi connectivity index (χ1) is 19.4. The largest absolute Gasteiger partial charge is 0.444 e. The van der Waals surface area contributed by atoms with Crippen LogP contribution in [0.25, 0.3) is 0 Å². The lowest BCUT2D eigenvalue weighted by Gasteiger charge is -2.39. The molecule has 1 saturated heterocycles. The van der Waals surface area contributed by atoms with E-state index in [1.165, 1.54) is 11.3 Å². The molecule has 0 spiro atoms. The molecule has 2 heterocycles. The summed E-state index contributed by atoms with van der Waals surface area (Å²) in [5.74, 6) is -1.06. The molecule has 9 nitrogen and oxygen atoms in total. The highest BCUT2D eigenvalue weighted by Gasteiger charge is 2.38. The van der Waals surface area contributed by atoms with Crippen LogP contribution in [0.3, 0.4) is 0 Å². The van der Waals surface area contributed by atoms with Gasteiger partial charge >= 0.3 is 5.97 Å². The second-order valence-corrected chi connectivity index (χ2v) is 12.8. The van der Waals surface area contributed by atoms with Crippen LogP contribution >= 0.6 is 11.3 Å². The molecule has 1 N–H and O–H groups in total. The number of hydrogen-bond donors (Lipinski definition) is 1. The zero-order valence-corrected chi connectivity index (χ0v) is 27.2. The molecule has 1 aromatic rings. The molecule has 0 radical (unpaired) electrons. The van der Waals surface area contributed by atoms with E-state index in [9.17, 15) is 19.2 Å². The van der Waals surface area contributed by atoms with E-state index in [-0.39, 0.29) is 73.0 Å². The first-order valence-corrected chi connectivity index (χ1v) is 16.2. The molecule has 0 aromatic carbocycles. The minimum Gasteiger partial charge on any atom is -0.444 e. The van der Waals surface area contributed by atoms with Crippen LogP contribution in [0.1, 0.15) is 114 Å². The second-order valence-electron chi connectivity index (χ2n) is 12.0. The average Bonchev–Trinajstić information content (AvgIpc) is 3.45. The maximum Gasteiger partial charge on any atom is 0.307 e. The van der Waals surface area contributed by atoms with Crippen molar-refractivity contribution in [2.45, 2.75) is 111 Å². The van der Waals surface area contributed by atoms with E-state index in [0.717, 1.165) is 37.2 Å². The lowest BCUT2D eigenvalue weighted by molar-refractivity contribution is -0.160. The summed E-state index contributed by atoms with van der Waals surface area (Å²) in [5, 5.41) is 5.17. The van der Waals surface area contributed by atoms with Gasteiger partial charge in [-0.05, 0) is 51.1 Å². The summed E-state index contributed by atoms with van der Waals surface area (Å²) >= 11 is 1.43. The van der Waals surface area contributed by atoms with Gasteiger partial charge in [-0.15, -0.1) is 11.3 Å². The third-order valence-electron chi connectivity index (χ3n) is 8.48. The van der Waals surface area contributed by atoms with E-state index in [0.29, 0.717) is 18.5 Å². The van der Waals surface area contributed by atoms with Crippen molar-refractivity contribution in [2.75, 3.05) is 27.4 Å². The zero-order chi connectivity index (χ0) is 30.7. The highest BCUT2D eigenvalue weighted by atomic mass is 32.1. The van der Waals surface area contributed by atoms with Gasteiger partial charge in [-0.25, -0.2) is 4.98 Å². The molecule has 2 amide bonds. The van der Waals surface area contributed by atoms with Crippen LogP contribution in [-0.2, 0) is 19.1 Å². The molecule has 41 heavy (non-hydrogen) atoms. The highest BCUT2D eigenvalue weighted by molar-refractivity contribution is 7.09. The smallest absolute Gasteiger partial charge is 0.307 e. The van der Waals surface area contributed by atoms with Crippen molar-refractivity contribution < 1.29 is 23.9 Å². The Balaban J connectivity index is 2.37. The van der Waals surface area contributed by atoms with E-state index < -0.39 is 5.92 Å². The Morgan fingerprint density at radius 2 is 1.88 bits per heavy atom. The standard InChI is InChI=1S/C31H52N4O5S/c1-9-13-28(37)40-19-35(26(20(3)4)16-22(6)30-33-24(18-41-30)29(38)32-7)31(39)23(21(5)10-2)17-27(36)25-14-11-12-15-34(25)8/h18,20-23,25-26H,9-17,19H2,1-8H3,(H,32,38)/t21?,22-,23+,25-,26-/m1/s1. The van der Waals surface area contributed by atoms with Crippen LogP contribution in [0.2, 0.25) is 0 Å². The fourth-order valence-electron chi connectivity index (χ4n) is 5.57. The van der Waals surface area contributed by atoms with Crippen molar-refractivity contribution >= 4 is 34.9 Å². The number of ether oxygens (including phenoxy) is 1. The van der Waals surface area contributed by atoms with E-state index >= 15 is 0 Å². The monoisotopic (exact) mass is 592 g/mol. The van der Waals surface area contributed by atoms with Gasteiger partial charge in [-0.2, -0.15) is 0 Å². The summed E-state index contributed by atoms with van der Waals surface area (Å²) in [6.45, 7) is 12.9. The Labute approximate surface area is 250 Å². The van der Waals surface area contributed by atoms with E-state index in [1.54, 1.807) is 17.3 Å². The number of thiazole rings is 1. The van der Waals surface area contributed by atoms with Crippen LogP contribution < -0.4 is 5.32 Å². The number of nitrogens with zero attached hydrogens (tertiary/aromatic N) is 3. The summed E-state index contributed by atoms with van der Waals surface area (Å²) in [6, 6.07) is -0.405.